The first-order chi connectivity index (χ1) is 7.74. The fraction of sp³-hybridized carbons (Fsp3) is 0.818. The zero-order valence-electron chi connectivity index (χ0n) is 10.4. The standard InChI is InChI=1S/C11H22N4O.HI/c1-2-13-10(16)9-14-11(12)15-7-5-3-4-6-8-15;/h2-9H2,1H3,(H2,12,14)(H,13,16);1H. The Morgan fingerprint density at radius 3 is 2.41 bits per heavy atom. The molecule has 6 heteroatoms. The lowest BCUT2D eigenvalue weighted by molar-refractivity contribution is -0.119. The van der Waals surface area contributed by atoms with Crippen LogP contribution in [0.1, 0.15) is 32.6 Å². The number of amides is 1. The van der Waals surface area contributed by atoms with E-state index in [0.29, 0.717) is 12.5 Å². The Morgan fingerprint density at radius 1 is 1.29 bits per heavy atom. The minimum absolute atomic E-state index is 0. The molecule has 1 aliphatic heterocycles. The second-order valence-electron chi connectivity index (χ2n) is 4.03. The predicted octanol–water partition coefficient (Wildman–Crippen LogP) is 0.931. The van der Waals surface area contributed by atoms with Gasteiger partial charge in [-0.3, -0.25) is 4.79 Å². The molecule has 0 aromatic carbocycles. The van der Waals surface area contributed by atoms with Gasteiger partial charge in [-0.1, -0.05) is 12.8 Å². The van der Waals surface area contributed by atoms with Crippen LogP contribution in [0.5, 0.6) is 0 Å². The summed E-state index contributed by atoms with van der Waals surface area (Å²) in [6.07, 6.45) is 4.86. The highest BCUT2D eigenvalue weighted by molar-refractivity contribution is 14.0. The Kier molecular flexibility index (Phi) is 9.20. The fourth-order valence-electron chi connectivity index (χ4n) is 1.81. The van der Waals surface area contributed by atoms with Gasteiger partial charge in [0.1, 0.15) is 6.54 Å². The first-order valence-electron chi connectivity index (χ1n) is 6.05. The van der Waals surface area contributed by atoms with Gasteiger partial charge in [0.2, 0.25) is 5.91 Å². The van der Waals surface area contributed by atoms with Crippen molar-refractivity contribution in [3.8, 4) is 0 Å². The van der Waals surface area contributed by atoms with Crippen LogP contribution >= 0.6 is 24.0 Å². The predicted molar refractivity (Wildman–Crippen MR) is 80.6 cm³/mol. The van der Waals surface area contributed by atoms with Gasteiger partial charge in [0.15, 0.2) is 5.96 Å². The van der Waals surface area contributed by atoms with Gasteiger partial charge in [-0.2, -0.15) is 0 Å². The highest BCUT2D eigenvalue weighted by atomic mass is 127. The number of nitrogens with one attached hydrogen (secondary N) is 1. The van der Waals surface area contributed by atoms with E-state index in [-0.39, 0.29) is 36.4 Å². The lowest BCUT2D eigenvalue weighted by Crippen LogP contribution is -2.39. The van der Waals surface area contributed by atoms with Gasteiger partial charge in [0, 0.05) is 19.6 Å². The maximum atomic E-state index is 11.2. The zero-order chi connectivity index (χ0) is 11.8. The maximum absolute atomic E-state index is 11.2. The minimum atomic E-state index is -0.0692. The molecule has 100 valence electrons. The molecule has 0 bridgehead atoms. The molecule has 0 aromatic heterocycles. The third kappa shape index (κ3) is 6.70. The number of likely N-dealkylation sites (N-methyl/N-ethyl adjacent to an activating group) is 1. The average Bonchev–Trinajstić information content (AvgIpc) is 2.55. The molecular weight excluding hydrogens is 331 g/mol. The average molecular weight is 354 g/mol. The van der Waals surface area contributed by atoms with Crippen LogP contribution in [-0.4, -0.2) is 42.9 Å². The van der Waals surface area contributed by atoms with E-state index < -0.39 is 0 Å². The SMILES string of the molecule is CCNC(=O)CN=C(N)N1CCCCCC1.I. The third-order valence-corrected chi connectivity index (χ3v) is 2.69. The van der Waals surface area contributed by atoms with Crippen LogP contribution in [0.25, 0.3) is 0 Å². The van der Waals surface area contributed by atoms with Crippen LogP contribution in [0, 0.1) is 0 Å². The minimum Gasteiger partial charge on any atom is -0.370 e. The Labute approximate surface area is 120 Å². The van der Waals surface area contributed by atoms with Gasteiger partial charge in [0.25, 0.3) is 0 Å². The summed E-state index contributed by atoms with van der Waals surface area (Å²) in [6.45, 7) is 4.59. The Hall–Kier alpha value is -0.530. The van der Waals surface area contributed by atoms with Crippen LogP contribution in [0.2, 0.25) is 0 Å². The highest BCUT2D eigenvalue weighted by Crippen LogP contribution is 2.08. The van der Waals surface area contributed by atoms with Gasteiger partial charge in [0.05, 0.1) is 0 Å². The zero-order valence-corrected chi connectivity index (χ0v) is 12.8. The molecule has 5 nitrogen and oxygen atoms in total. The van der Waals surface area contributed by atoms with Crippen LogP contribution in [-0.2, 0) is 4.79 Å². The van der Waals surface area contributed by atoms with Crippen molar-refractivity contribution in [2.24, 2.45) is 10.7 Å². The quantitative estimate of drug-likeness (QED) is 0.450. The molecule has 0 aliphatic carbocycles. The summed E-state index contributed by atoms with van der Waals surface area (Å²) >= 11 is 0. The van der Waals surface area contributed by atoms with Crippen LogP contribution in [0.4, 0.5) is 0 Å². The monoisotopic (exact) mass is 354 g/mol. The third-order valence-electron chi connectivity index (χ3n) is 2.69. The summed E-state index contributed by atoms with van der Waals surface area (Å²) in [5, 5.41) is 2.70. The number of nitrogens with zero attached hydrogens (tertiary/aromatic N) is 2. The molecule has 1 amide bonds. The first kappa shape index (κ1) is 16.5. The molecule has 0 radical (unpaired) electrons. The molecule has 17 heavy (non-hydrogen) atoms. The Bertz CT molecular complexity index is 250. The molecule has 0 aromatic rings. The molecular formula is C11H23IN4O. The molecule has 1 saturated heterocycles. The summed E-state index contributed by atoms with van der Waals surface area (Å²) in [7, 11) is 0. The van der Waals surface area contributed by atoms with E-state index in [1.54, 1.807) is 0 Å². The summed E-state index contributed by atoms with van der Waals surface area (Å²) in [5.74, 6) is 0.438. The number of aliphatic imine (C=N–C) groups is 1. The number of nitrogens with two attached hydrogens (primary N) is 1. The van der Waals surface area contributed by atoms with Gasteiger partial charge >= 0.3 is 0 Å². The van der Waals surface area contributed by atoms with E-state index >= 15 is 0 Å². The summed E-state index contributed by atoms with van der Waals surface area (Å²) in [5.41, 5.74) is 5.86. The van der Waals surface area contributed by atoms with Gasteiger partial charge < -0.3 is 16.0 Å². The van der Waals surface area contributed by atoms with Crippen molar-refractivity contribution >= 4 is 35.8 Å². The van der Waals surface area contributed by atoms with Crippen molar-refractivity contribution in [1.29, 1.82) is 0 Å². The van der Waals surface area contributed by atoms with Gasteiger partial charge in [-0.15, -0.1) is 24.0 Å². The molecule has 0 atom stereocenters. The molecule has 1 heterocycles. The van der Waals surface area contributed by atoms with Crippen LogP contribution < -0.4 is 11.1 Å². The molecule has 0 saturated carbocycles. The van der Waals surface area contributed by atoms with Crippen molar-refractivity contribution < 1.29 is 4.79 Å². The van der Waals surface area contributed by atoms with E-state index in [0.717, 1.165) is 25.9 Å². The van der Waals surface area contributed by atoms with E-state index in [1.807, 2.05) is 6.92 Å². The van der Waals surface area contributed by atoms with Crippen LogP contribution in [0.3, 0.4) is 0 Å². The lowest BCUT2D eigenvalue weighted by Gasteiger charge is -2.20. The Balaban J connectivity index is 0.00000256. The van der Waals surface area contributed by atoms with Gasteiger partial charge in [-0.25, -0.2) is 4.99 Å². The number of likely N-dealkylation sites (tertiary alicyclic amines) is 1. The fourth-order valence-corrected chi connectivity index (χ4v) is 1.81. The summed E-state index contributed by atoms with van der Waals surface area (Å²) < 4.78 is 0. The lowest BCUT2D eigenvalue weighted by atomic mass is 10.2. The van der Waals surface area contributed by atoms with Crippen molar-refractivity contribution in [2.75, 3.05) is 26.2 Å². The summed E-state index contributed by atoms with van der Waals surface area (Å²) in [4.78, 5) is 17.4. The van der Waals surface area contributed by atoms with Gasteiger partial charge in [-0.05, 0) is 19.8 Å². The number of carbonyl (C=O) groups is 1. The smallest absolute Gasteiger partial charge is 0.241 e. The van der Waals surface area contributed by atoms with E-state index in [2.05, 4.69) is 15.2 Å². The number of rotatable bonds is 3. The highest BCUT2D eigenvalue weighted by Gasteiger charge is 2.10. The largest absolute Gasteiger partial charge is 0.370 e. The second-order valence-corrected chi connectivity index (χ2v) is 4.03. The second kappa shape index (κ2) is 9.49. The number of guanidine groups is 1. The van der Waals surface area contributed by atoms with E-state index in [9.17, 15) is 4.79 Å². The molecule has 1 rings (SSSR count). The molecule has 1 aliphatic rings. The van der Waals surface area contributed by atoms with Crippen molar-refractivity contribution in [3.05, 3.63) is 0 Å². The first-order valence-corrected chi connectivity index (χ1v) is 6.05. The van der Waals surface area contributed by atoms with Crippen molar-refractivity contribution in [1.82, 2.24) is 10.2 Å². The maximum Gasteiger partial charge on any atom is 0.241 e. The summed E-state index contributed by atoms with van der Waals surface area (Å²) in [6, 6.07) is 0. The normalized spacial score (nSPS) is 17.0. The van der Waals surface area contributed by atoms with Crippen LogP contribution in [0.15, 0.2) is 4.99 Å². The number of halogens is 1. The molecule has 0 unspecified atom stereocenters. The molecule has 1 fully saturated rings. The Morgan fingerprint density at radius 2 is 1.88 bits per heavy atom. The molecule has 3 N–H and O–H groups in total. The van der Waals surface area contributed by atoms with Crippen molar-refractivity contribution in [2.45, 2.75) is 32.6 Å². The van der Waals surface area contributed by atoms with Crippen molar-refractivity contribution in [3.63, 3.8) is 0 Å². The number of hydrogen-bond acceptors (Lipinski definition) is 2. The van der Waals surface area contributed by atoms with E-state index in [1.165, 1.54) is 12.8 Å². The number of carbonyl (C=O) groups excluding carboxylic acids is 1. The topological polar surface area (TPSA) is 70.7 Å². The molecule has 0 spiro atoms. The number of hydrogen-bond donors (Lipinski definition) is 2. The van der Waals surface area contributed by atoms with E-state index in [4.69, 9.17) is 5.73 Å².